The van der Waals surface area contributed by atoms with Gasteiger partial charge in [-0.05, 0) is 53.1 Å². The number of nitrogens with one attached hydrogen (secondary N) is 1. The molecule has 0 unspecified atom stereocenters. The summed E-state index contributed by atoms with van der Waals surface area (Å²) in [4.78, 5) is 17.5. The molecule has 0 bridgehead atoms. The van der Waals surface area contributed by atoms with Gasteiger partial charge in [-0.1, -0.05) is 83.9 Å². The first kappa shape index (κ1) is 24.4. The fourth-order valence-electron chi connectivity index (χ4n) is 4.50. The van der Waals surface area contributed by atoms with Gasteiger partial charge in [0.25, 0.3) is 5.91 Å². The van der Waals surface area contributed by atoms with Crippen molar-refractivity contribution in [1.29, 1.82) is 0 Å². The van der Waals surface area contributed by atoms with Crippen LogP contribution in [0.1, 0.15) is 15.9 Å². The van der Waals surface area contributed by atoms with Crippen molar-refractivity contribution in [3.63, 3.8) is 0 Å². The van der Waals surface area contributed by atoms with Crippen molar-refractivity contribution in [2.45, 2.75) is 6.54 Å². The number of benzene rings is 4. The standard InChI is InChI=1S/C30H27Cl2N3O/c31-27-9-5-4-8-25(27)21-34-16-18-35(19-17-34)29-15-14-26(20-28(29)32)33-30(36)24-12-10-23(11-13-24)22-6-2-1-3-7-22/h1-15,20H,16-19,21H2,(H,33,36). The van der Waals surface area contributed by atoms with E-state index < -0.39 is 0 Å². The molecule has 36 heavy (non-hydrogen) atoms. The van der Waals surface area contributed by atoms with Crippen LogP contribution in [-0.4, -0.2) is 37.0 Å². The number of piperazine rings is 1. The Balaban J connectivity index is 1.18. The molecule has 1 heterocycles. The quantitative estimate of drug-likeness (QED) is 0.294. The molecule has 0 atom stereocenters. The highest BCUT2D eigenvalue weighted by atomic mass is 35.5. The fourth-order valence-corrected chi connectivity index (χ4v) is 5.00. The minimum Gasteiger partial charge on any atom is -0.368 e. The molecule has 0 radical (unpaired) electrons. The highest BCUT2D eigenvalue weighted by Gasteiger charge is 2.20. The van der Waals surface area contributed by atoms with Crippen molar-refractivity contribution in [1.82, 2.24) is 4.90 Å². The van der Waals surface area contributed by atoms with E-state index in [4.69, 9.17) is 23.2 Å². The second-order valence-corrected chi connectivity index (χ2v) is 9.73. The van der Waals surface area contributed by atoms with Crippen molar-refractivity contribution in [2.24, 2.45) is 0 Å². The van der Waals surface area contributed by atoms with Crippen LogP contribution in [0.3, 0.4) is 0 Å². The van der Waals surface area contributed by atoms with E-state index in [1.54, 1.807) is 0 Å². The van der Waals surface area contributed by atoms with Crippen LogP contribution in [0.15, 0.2) is 97.1 Å². The number of halogens is 2. The summed E-state index contributed by atoms with van der Waals surface area (Å²) in [5.74, 6) is -0.161. The van der Waals surface area contributed by atoms with Crippen LogP contribution in [0.25, 0.3) is 11.1 Å². The molecule has 4 aromatic carbocycles. The number of nitrogens with zero attached hydrogens (tertiary/aromatic N) is 2. The van der Waals surface area contributed by atoms with E-state index in [9.17, 15) is 4.79 Å². The van der Waals surface area contributed by atoms with Crippen molar-refractivity contribution in [2.75, 3.05) is 36.4 Å². The second kappa shape index (κ2) is 11.2. The van der Waals surface area contributed by atoms with Gasteiger partial charge in [0.05, 0.1) is 10.7 Å². The highest BCUT2D eigenvalue weighted by Crippen LogP contribution is 2.30. The monoisotopic (exact) mass is 515 g/mol. The summed E-state index contributed by atoms with van der Waals surface area (Å²) >= 11 is 13.0. The third-order valence-electron chi connectivity index (χ3n) is 6.52. The molecule has 0 spiro atoms. The highest BCUT2D eigenvalue weighted by molar-refractivity contribution is 6.33. The Morgan fingerprint density at radius 1 is 0.722 bits per heavy atom. The van der Waals surface area contributed by atoms with Gasteiger partial charge in [0.1, 0.15) is 0 Å². The maximum atomic E-state index is 12.8. The molecule has 1 fully saturated rings. The molecule has 1 aliphatic rings. The Labute approximate surface area is 222 Å². The van der Waals surface area contributed by atoms with E-state index in [0.717, 1.165) is 60.1 Å². The lowest BCUT2D eigenvalue weighted by molar-refractivity contribution is 0.102. The van der Waals surface area contributed by atoms with Gasteiger partial charge in [-0.3, -0.25) is 9.69 Å². The molecule has 4 nitrogen and oxygen atoms in total. The van der Waals surface area contributed by atoms with Crippen LogP contribution in [-0.2, 0) is 6.54 Å². The summed E-state index contributed by atoms with van der Waals surface area (Å²) in [6.45, 7) is 4.46. The van der Waals surface area contributed by atoms with Crippen molar-refractivity contribution in [3.05, 3.63) is 118 Å². The fraction of sp³-hybridized carbons (Fsp3) is 0.167. The van der Waals surface area contributed by atoms with Crippen LogP contribution in [0.4, 0.5) is 11.4 Å². The topological polar surface area (TPSA) is 35.6 Å². The molecule has 1 amide bonds. The van der Waals surface area contributed by atoms with Gasteiger partial charge in [0.2, 0.25) is 0 Å². The molecule has 0 aromatic heterocycles. The van der Waals surface area contributed by atoms with Gasteiger partial charge in [-0.25, -0.2) is 0 Å². The molecule has 1 saturated heterocycles. The van der Waals surface area contributed by atoms with Crippen LogP contribution in [0.5, 0.6) is 0 Å². The molecular weight excluding hydrogens is 489 g/mol. The van der Waals surface area contributed by atoms with E-state index in [-0.39, 0.29) is 5.91 Å². The first-order valence-corrected chi connectivity index (χ1v) is 12.8. The summed E-state index contributed by atoms with van der Waals surface area (Å²) < 4.78 is 0. The second-order valence-electron chi connectivity index (χ2n) is 8.92. The van der Waals surface area contributed by atoms with Gasteiger partial charge in [0.15, 0.2) is 0 Å². The maximum absolute atomic E-state index is 12.8. The summed E-state index contributed by atoms with van der Waals surface area (Å²) in [5.41, 5.74) is 5.62. The molecule has 182 valence electrons. The van der Waals surface area contributed by atoms with E-state index in [1.165, 1.54) is 0 Å². The largest absolute Gasteiger partial charge is 0.368 e. The third-order valence-corrected chi connectivity index (χ3v) is 7.20. The van der Waals surface area contributed by atoms with E-state index in [1.807, 2.05) is 78.9 Å². The average molecular weight is 516 g/mol. The first-order chi connectivity index (χ1) is 17.6. The molecule has 6 heteroatoms. The number of hydrogen-bond donors (Lipinski definition) is 1. The summed E-state index contributed by atoms with van der Waals surface area (Å²) in [5, 5.41) is 4.41. The van der Waals surface area contributed by atoms with Crippen LogP contribution in [0.2, 0.25) is 10.0 Å². The lowest BCUT2D eigenvalue weighted by atomic mass is 10.0. The number of carbonyl (C=O) groups is 1. The number of anilines is 2. The molecule has 1 aliphatic heterocycles. The molecule has 0 saturated carbocycles. The Bertz CT molecular complexity index is 1330. The number of amides is 1. The van der Waals surface area contributed by atoms with Gasteiger partial charge < -0.3 is 10.2 Å². The predicted octanol–water partition coefficient (Wildman–Crippen LogP) is 7.23. The van der Waals surface area contributed by atoms with Crippen molar-refractivity contribution in [3.8, 4) is 11.1 Å². The Morgan fingerprint density at radius 2 is 1.39 bits per heavy atom. The molecule has 5 rings (SSSR count). The summed E-state index contributed by atoms with van der Waals surface area (Å²) in [6, 6.07) is 31.4. The Kier molecular flexibility index (Phi) is 7.57. The van der Waals surface area contributed by atoms with E-state index in [2.05, 4.69) is 33.3 Å². The van der Waals surface area contributed by atoms with Gasteiger partial charge in [-0.2, -0.15) is 0 Å². The van der Waals surface area contributed by atoms with Gasteiger partial charge in [-0.15, -0.1) is 0 Å². The zero-order chi connectivity index (χ0) is 24.9. The lowest BCUT2D eigenvalue weighted by Crippen LogP contribution is -2.46. The summed E-state index contributed by atoms with van der Waals surface area (Å²) in [6.07, 6.45) is 0. The zero-order valence-electron chi connectivity index (χ0n) is 19.8. The normalized spacial score (nSPS) is 14.0. The number of hydrogen-bond acceptors (Lipinski definition) is 3. The van der Waals surface area contributed by atoms with Crippen LogP contribution >= 0.6 is 23.2 Å². The van der Waals surface area contributed by atoms with Crippen LogP contribution < -0.4 is 10.2 Å². The van der Waals surface area contributed by atoms with Crippen molar-refractivity contribution < 1.29 is 4.79 Å². The minimum atomic E-state index is -0.161. The SMILES string of the molecule is O=C(Nc1ccc(N2CCN(Cc3ccccc3Cl)CC2)c(Cl)c1)c1ccc(-c2ccccc2)cc1. The van der Waals surface area contributed by atoms with Crippen molar-refractivity contribution >= 4 is 40.5 Å². The lowest BCUT2D eigenvalue weighted by Gasteiger charge is -2.36. The smallest absolute Gasteiger partial charge is 0.255 e. The molecule has 4 aromatic rings. The van der Waals surface area contributed by atoms with Gasteiger partial charge in [0, 0.05) is 49.0 Å². The van der Waals surface area contributed by atoms with E-state index >= 15 is 0 Å². The van der Waals surface area contributed by atoms with Gasteiger partial charge >= 0.3 is 0 Å². The minimum absolute atomic E-state index is 0.161. The first-order valence-electron chi connectivity index (χ1n) is 12.0. The van der Waals surface area contributed by atoms with Crippen LogP contribution in [0, 0.1) is 0 Å². The predicted molar refractivity (Wildman–Crippen MR) is 150 cm³/mol. The maximum Gasteiger partial charge on any atom is 0.255 e. The summed E-state index contributed by atoms with van der Waals surface area (Å²) in [7, 11) is 0. The third kappa shape index (κ3) is 5.73. The number of rotatable bonds is 6. The van der Waals surface area contributed by atoms with E-state index in [0.29, 0.717) is 16.3 Å². The average Bonchev–Trinajstić information content (AvgIpc) is 2.91. The molecular formula is C30H27Cl2N3O. The molecule has 1 N–H and O–H groups in total. The molecule has 0 aliphatic carbocycles. The number of carbonyl (C=O) groups excluding carboxylic acids is 1. The zero-order valence-corrected chi connectivity index (χ0v) is 21.3. The Hall–Kier alpha value is -3.31. The Morgan fingerprint density at radius 3 is 2.08 bits per heavy atom.